The maximum atomic E-state index is 10.5. The molecular weight excluding hydrogens is 196 g/mol. The second kappa shape index (κ2) is 4.44. The molecule has 0 bridgehead atoms. The van der Waals surface area contributed by atoms with E-state index in [1.807, 2.05) is 0 Å². The first-order chi connectivity index (χ1) is 7.25. The quantitative estimate of drug-likeness (QED) is 0.785. The van der Waals surface area contributed by atoms with E-state index in [1.165, 1.54) is 31.9 Å². The molecule has 2 N–H and O–H groups in total. The van der Waals surface area contributed by atoms with E-state index in [4.69, 9.17) is 9.52 Å². The van der Waals surface area contributed by atoms with Gasteiger partial charge in [0.1, 0.15) is 0 Å². The molecule has 0 amide bonds. The number of oxazole rings is 1. The van der Waals surface area contributed by atoms with Crippen molar-refractivity contribution in [2.75, 3.05) is 0 Å². The highest BCUT2D eigenvalue weighted by atomic mass is 16.4. The summed E-state index contributed by atoms with van der Waals surface area (Å²) in [5.74, 6) is -0.730. The minimum atomic E-state index is -1.07. The molecule has 1 heterocycles. The molecule has 2 rings (SSSR count). The third kappa shape index (κ3) is 2.56. The lowest BCUT2D eigenvalue weighted by Gasteiger charge is -2.08. The van der Waals surface area contributed by atoms with E-state index >= 15 is 0 Å². The summed E-state index contributed by atoms with van der Waals surface area (Å²) in [7, 11) is 0. The van der Waals surface area contributed by atoms with Crippen molar-refractivity contribution in [1.82, 2.24) is 10.3 Å². The summed E-state index contributed by atoms with van der Waals surface area (Å²) in [5.41, 5.74) is 0. The average molecular weight is 210 g/mol. The van der Waals surface area contributed by atoms with Crippen LogP contribution in [0.3, 0.4) is 0 Å². The molecule has 0 atom stereocenters. The first kappa shape index (κ1) is 10.2. The number of hydrogen-bond acceptors (Lipinski definition) is 4. The van der Waals surface area contributed by atoms with Crippen LogP contribution in [-0.4, -0.2) is 22.1 Å². The van der Waals surface area contributed by atoms with Crippen LogP contribution < -0.4 is 5.32 Å². The Hall–Kier alpha value is -1.36. The molecule has 1 aromatic rings. The number of hydrogen-bond donors (Lipinski definition) is 2. The van der Waals surface area contributed by atoms with Gasteiger partial charge >= 0.3 is 5.97 Å². The van der Waals surface area contributed by atoms with Gasteiger partial charge in [-0.1, -0.05) is 12.8 Å². The van der Waals surface area contributed by atoms with Crippen LogP contribution >= 0.6 is 0 Å². The second-order valence-electron chi connectivity index (χ2n) is 3.79. The lowest BCUT2D eigenvalue weighted by molar-refractivity contribution is 0.0660. The maximum Gasteiger partial charge on any atom is 0.373 e. The van der Waals surface area contributed by atoms with Crippen molar-refractivity contribution in [3.8, 4) is 0 Å². The summed E-state index contributed by atoms with van der Waals surface area (Å²) in [6.07, 6.45) is 6.15. The lowest BCUT2D eigenvalue weighted by Crippen LogP contribution is -2.25. The first-order valence-electron chi connectivity index (χ1n) is 5.17. The number of nitrogens with zero attached hydrogens (tertiary/aromatic N) is 1. The van der Waals surface area contributed by atoms with Crippen LogP contribution in [0.25, 0.3) is 0 Å². The minimum absolute atomic E-state index is 0.0989. The van der Waals surface area contributed by atoms with Gasteiger partial charge in [-0.3, -0.25) is 0 Å². The monoisotopic (exact) mass is 210 g/mol. The van der Waals surface area contributed by atoms with Crippen LogP contribution in [0.15, 0.2) is 10.6 Å². The Kier molecular flexibility index (Phi) is 3.01. The summed E-state index contributed by atoms with van der Waals surface area (Å²) in [6.45, 7) is 0.512. The molecule has 1 aliphatic carbocycles. The average Bonchev–Trinajstić information content (AvgIpc) is 2.86. The van der Waals surface area contributed by atoms with Crippen molar-refractivity contribution in [1.29, 1.82) is 0 Å². The molecule has 0 spiro atoms. The Bertz CT molecular complexity index is 342. The summed E-state index contributed by atoms with van der Waals surface area (Å²) in [5, 5.41) is 11.9. The molecule has 5 heteroatoms. The van der Waals surface area contributed by atoms with E-state index < -0.39 is 5.97 Å². The maximum absolute atomic E-state index is 10.5. The third-order valence-corrected chi connectivity index (χ3v) is 2.66. The van der Waals surface area contributed by atoms with Crippen molar-refractivity contribution in [3.63, 3.8) is 0 Å². The van der Waals surface area contributed by atoms with Crippen molar-refractivity contribution in [3.05, 3.63) is 17.8 Å². The van der Waals surface area contributed by atoms with Gasteiger partial charge in [0.25, 0.3) is 0 Å². The number of nitrogens with one attached hydrogen (secondary N) is 1. The lowest BCUT2D eigenvalue weighted by atomic mass is 10.2. The van der Waals surface area contributed by atoms with Gasteiger partial charge in [0.2, 0.25) is 11.7 Å². The molecule has 0 unspecified atom stereocenters. The number of carboxylic acid groups (broad SMARTS) is 1. The molecule has 1 saturated carbocycles. The SMILES string of the molecule is O=C(O)c1cnc(CNC2CCCC2)o1. The van der Waals surface area contributed by atoms with Crippen LogP contribution in [0.2, 0.25) is 0 Å². The highest BCUT2D eigenvalue weighted by Crippen LogP contribution is 2.18. The molecule has 1 fully saturated rings. The Balaban J connectivity index is 1.84. The zero-order valence-corrected chi connectivity index (χ0v) is 8.40. The summed E-state index contributed by atoms with van der Waals surface area (Å²) in [4.78, 5) is 14.4. The normalized spacial score (nSPS) is 17.1. The predicted molar refractivity (Wildman–Crippen MR) is 52.6 cm³/mol. The van der Waals surface area contributed by atoms with Gasteiger partial charge in [-0.05, 0) is 12.8 Å². The van der Waals surface area contributed by atoms with Crippen LogP contribution in [-0.2, 0) is 6.54 Å². The highest BCUT2D eigenvalue weighted by molar-refractivity contribution is 5.83. The van der Waals surface area contributed by atoms with Gasteiger partial charge in [0.05, 0.1) is 12.7 Å². The molecule has 0 aromatic carbocycles. The van der Waals surface area contributed by atoms with Crippen LogP contribution in [0, 0.1) is 0 Å². The zero-order chi connectivity index (χ0) is 10.7. The van der Waals surface area contributed by atoms with Crippen molar-refractivity contribution >= 4 is 5.97 Å². The first-order valence-corrected chi connectivity index (χ1v) is 5.17. The van der Waals surface area contributed by atoms with Crippen LogP contribution in [0.5, 0.6) is 0 Å². The Morgan fingerprint density at radius 2 is 2.33 bits per heavy atom. The summed E-state index contributed by atoms with van der Waals surface area (Å²) >= 11 is 0. The van der Waals surface area contributed by atoms with E-state index in [0.29, 0.717) is 18.5 Å². The zero-order valence-electron chi connectivity index (χ0n) is 8.40. The van der Waals surface area contributed by atoms with E-state index in [0.717, 1.165) is 0 Å². The number of aromatic carboxylic acids is 1. The van der Waals surface area contributed by atoms with Gasteiger partial charge in [0.15, 0.2) is 0 Å². The number of carbonyl (C=O) groups is 1. The molecular formula is C10H14N2O3. The second-order valence-corrected chi connectivity index (χ2v) is 3.79. The number of rotatable bonds is 4. The molecule has 15 heavy (non-hydrogen) atoms. The van der Waals surface area contributed by atoms with E-state index in [1.54, 1.807) is 0 Å². The topological polar surface area (TPSA) is 75.4 Å². The fourth-order valence-corrected chi connectivity index (χ4v) is 1.85. The molecule has 1 aromatic heterocycles. The van der Waals surface area contributed by atoms with Gasteiger partial charge in [0, 0.05) is 6.04 Å². The fourth-order valence-electron chi connectivity index (χ4n) is 1.85. The van der Waals surface area contributed by atoms with Crippen molar-refractivity contribution < 1.29 is 14.3 Å². The van der Waals surface area contributed by atoms with Gasteiger partial charge in [-0.15, -0.1) is 0 Å². The fraction of sp³-hybridized carbons (Fsp3) is 0.600. The largest absolute Gasteiger partial charge is 0.475 e. The van der Waals surface area contributed by atoms with Gasteiger partial charge < -0.3 is 14.8 Å². The van der Waals surface area contributed by atoms with E-state index in [2.05, 4.69) is 10.3 Å². The van der Waals surface area contributed by atoms with E-state index in [-0.39, 0.29) is 5.76 Å². The Morgan fingerprint density at radius 1 is 1.60 bits per heavy atom. The molecule has 0 aliphatic heterocycles. The van der Waals surface area contributed by atoms with Crippen LogP contribution in [0.1, 0.15) is 42.1 Å². The van der Waals surface area contributed by atoms with Gasteiger partial charge in [-0.2, -0.15) is 0 Å². The van der Waals surface area contributed by atoms with Crippen molar-refractivity contribution in [2.24, 2.45) is 0 Å². The summed E-state index contributed by atoms with van der Waals surface area (Å²) < 4.78 is 5.03. The van der Waals surface area contributed by atoms with Crippen LogP contribution in [0.4, 0.5) is 0 Å². The Labute approximate surface area is 87.5 Å². The molecule has 5 nitrogen and oxygen atoms in total. The molecule has 82 valence electrons. The Morgan fingerprint density at radius 3 is 2.93 bits per heavy atom. The predicted octanol–water partition coefficient (Wildman–Crippen LogP) is 1.40. The van der Waals surface area contributed by atoms with Gasteiger partial charge in [-0.25, -0.2) is 9.78 Å². The highest BCUT2D eigenvalue weighted by Gasteiger charge is 2.16. The molecule has 1 aliphatic rings. The van der Waals surface area contributed by atoms with Crippen molar-refractivity contribution in [2.45, 2.75) is 38.3 Å². The minimum Gasteiger partial charge on any atom is -0.475 e. The standard InChI is InChI=1S/C10H14N2O3/c13-10(14)8-5-12-9(15-8)6-11-7-3-1-2-4-7/h5,7,11H,1-4,6H2,(H,13,14). The molecule has 0 radical (unpaired) electrons. The third-order valence-electron chi connectivity index (χ3n) is 2.66. The molecule has 0 saturated heterocycles. The smallest absolute Gasteiger partial charge is 0.373 e. The number of carboxylic acids is 1. The van der Waals surface area contributed by atoms with E-state index in [9.17, 15) is 4.79 Å². The number of aromatic nitrogens is 1. The summed E-state index contributed by atoms with van der Waals surface area (Å²) in [6, 6.07) is 0.533.